The summed E-state index contributed by atoms with van der Waals surface area (Å²) in [6.07, 6.45) is 11.8. The monoisotopic (exact) mass is 381 g/mol. The summed E-state index contributed by atoms with van der Waals surface area (Å²) in [7, 11) is 0. The maximum atomic E-state index is 12.4. The molecule has 0 unspecified atom stereocenters. The number of ether oxygens (including phenoxy) is 1. The fourth-order valence-electron chi connectivity index (χ4n) is 3.76. The summed E-state index contributed by atoms with van der Waals surface area (Å²) in [5, 5.41) is 2.91. The van der Waals surface area contributed by atoms with E-state index in [4.69, 9.17) is 4.74 Å². The minimum atomic E-state index is -0.168. The van der Waals surface area contributed by atoms with Gasteiger partial charge in [0.05, 0.1) is 17.8 Å². The topological polar surface area (TPSA) is 80.2 Å². The van der Waals surface area contributed by atoms with Gasteiger partial charge in [-0.25, -0.2) is 15.0 Å². The number of nitrogens with one attached hydrogen (secondary N) is 1. The average molecular weight is 381 g/mol. The normalized spacial score (nSPS) is 17.5. The van der Waals surface area contributed by atoms with Crippen LogP contribution in [0.5, 0.6) is 5.88 Å². The van der Waals surface area contributed by atoms with Crippen molar-refractivity contribution >= 4 is 11.9 Å². The Balaban J connectivity index is 1.31. The van der Waals surface area contributed by atoms with Crippen molar-refractivity contribution in [1.82, 2.24) is 20.3 Å². The van der Waals surface area contributed by atoms with E-state index in [-0.39, 0.29) is 12.0 Å². The Hall–Kier alpha value is -2.70. The second-order valence-corrected chi connectivity index (χ2v) is 7.49. The fraction of sp³-hybridized carbons (Fsp3) is 0.524. The van der Waals surface area contributed by atoms with Crippen LogP contribution in [-0.2, 0) is 6.54 Å². The number of carbonyl (C=O) groups excluding carboxylic acids is 1. The highest BCUT2D eigenvalue weighted by atomic mass is 16.5. The molecule has 0 spiro atoms. The molecular weight excluding hydrogens is 354 g/mol. The van der Waals surface area contributed by atoms with Crippen LogP contribution in [0.2, 0.25) is 0 Å². The van der Waals surface area contributed by atoms with Gasteiger partial charge in [-0.05, 0) is 57.1 Å². The van der Waals surface area contributed by atoms with E-state index in [1.807, 2.05) is 6.07 Å². The van der Waals surface area contributed by atoms with Crippen molar-refractivity contribution in [3.8, 4) is 5.88 Å². The number of amides is 1. The molecule has 7 heteroatoms. The van der Waals surface area contributed by atoms with Gasteiger partial charge in [0.1, 0.15) is 6.10 Å². The van der Waals surface area contributed by atoms with Gasteiger partial charge in [0.2, 0.25) is 11.8 Å². The van der Waals surface area contributed by atoms with Crippen LogP contribution in [0.15, 0.2) is 30.6 Å². The average Bonchev–Trinajstić information content (AvgIpc) is 3.26. The first-order chi connectivity index (χ1) is 13.8. The van der Waals surface area contributed by atoms with Crippen molar-refractivity contribution in [1.29, 1.82) is 0 Å². The Labute approximate surface area is 165 Å². The highest BCUT2D eigenvalue weighted by molar-refractivity contribution is 5.93. The highest BCUT2D eigenvalue weighted by Gasteiger charge is 2.17. The largest absolute Gasteiger partial charge is 0.474 e. The van der Waals surface area contributed by atoms with Crippen LogP contribution < -0.4 is 15.0 Å². The summed E-state index contributed by atoms with van der Waals surface area (Å²) in [6.45, 7) is 2.36. The molecule has 1 aliphatic heterocycles. The minimum Gasteiger partial charge on any atom is -0.474 e. The first-order valence-electron chi connectivity index (χ1n) is 10.3. The molecule has 2 aliphatic rings. The number of pyridine rings is 1. The zero-order valence-electron chi connectivity index (χ0n) is 16.1. The molecular formula is C21H27N5O2. The number of aromatic nitrogens is 3. The van der Waals surface area contributed by atoms with Crippen LogP contribution in [0, 0.1) is 0 Å². The van der Waals surface area contributed by atoms with Gasteiger partial charge >= 0.3 is 0 Å². The van der Waals surface area contributed by atoms with Crippen LogP contribution in [-0.4, -0.2) is 40.1 Å². The van der Waals surface area contributed by atoms with E-state index < -0.39 is 0 Å². The molecule has 0 atom stereocenters. The maximum absolute atomic E-state index is 12.4. The van der Waals surface area contributed by atoms with Gasteiger partial charge in [-0.3, -0.25) is 4.79 Å². The number of carbonyl (C=O) groups is 1. The number of hydrogen-bond donors (Lipinski definition) is 1. The molecule has 148 valence electrons. The SMILES string of the molecule is O=C(NCc1ccnc(N2CCCCC2)n1)c1ccc(OC2CCCC2)nc1. The highest BCUT2D eigenvalue weighted by Crippen LogP contribution is 2.23. The molecule has 4 rings (SSSR count). The van der Waals surface area contributed by atoms with Gasteiger partial charge in [-0.15, -0.1) is 0 Å². The Bertz CT molecular complexity index is 784. The quantitative estimate of drug-likeness (QED) is 0.828. The van der Waals surface area contributed by atoms with Crippen molar-refractivity contribution in [2.75, 3.05) is 18.0 Å². The Kier molecular flexibility index (Phi) is 5.99. The van der Waals surface area contributed by atoms with E-state index in [9.17, 15) is 4.79 Å². The van der Waals surface area contributed by atoms with E-state index in [0.717, 1.165) is 37.6 Å². The van der Waals surface area contributed by atoms with Crippen LogP contribution in [0.3, 0.4) is 0 Å². The van der Waals surface area contributed by atoms with Gasteiger partial charge in [-0.1, -0.05) is 0 Å². The van der Waals surface area contributed by atoms with E-state index in [0.29, 0.717) is 18.0 Å². The van der Waals surface area contributed by atoms with E-state index in [2.05, 4.69) is 25.2 Å². The molecule has 0 bridgehead atoms. The van der Waals surface area contributed by atoms with Crippen molar-refractivity contribution in [2.45, 2.75) is 57.6 Å². The molecule has 2 fully saturated rings. The molecule has 0 radical (unpaired) electrons. The van der Waals surface area contributed by atoms with Crippen molar-refractivity contribution < 1.29 is 9.53 Å². The summed E-state index contributed by atoms with van der Waals surface area (Å²) in [5.74, 6) is 1.17. The van der Waals surface area contributed by atoms with Crippen LogP contribution in [0.25, 0.3) is 0 Å². The lowest BCUT2D eigenvalue weighted by molar-refractivity contribution is 0.0950. The summed E-state index contributed by atoms with van der Waals surface area (Å²) in [5.41, 5.74) is 1.32. The molecule has 1 saturated carbocycles. The Morgan fingerprint density at radius 1 is 1.07 bits per heavy atom. The van der Waals surface area contributed by atoms with Gasteiger partial charge < -0.3 is 15.0 Å². The predicted molar refractivity (Wildman–Crippen MR) is 106 cm³/mol. The lowest BCUT2D eigenvalue weighted by Crippen LogP contribution is -2.31. The fourth-order valence-corrected chi connectivity index (χ4v) is 3.76. The molecule has 0 aromatic carbocycles. The first-order valence-corrected chi connectivity index (χ1v) is 10.3. The number of nitrogens with zero attached hydrogens (tertiary/aromatic N) is 4. The zero-order chi connectivity index (χ0) is 19.2. The third-order valence-corrected chi connectivity index (χ3v) is 5.36. The van der Waals surface area contributed by atoms with Gasteiger partial charge in [0, 0.05) is 31.5 Å². The van der Waals surface area contributed by atoms with Crippen molar-refractivity contribution in [2.24, 2.45) is 0 Å². The molecule has 2 aromatic heterocycles. The molecule has 2 aromatic rings. The molecule has 1 saturated heterocycles. The molecule has 7 nitrogen and oxygen atoms in total. The summed E-state index contributed by atoms with van der Waals surface area (Å²) < 4.78 is 5.85. The van der Waals surface area contributed by atoms with Gasteiger partial charge in [0.15, 0.2) is 0 Å². The Morgan fingerprint density at radius 3 is 2.64 bits per heavy atom. The van der Waals surface area contributed by atoms with Crippen LogP contribution in [0.1, 0.15) is 61.0 Å². The van der Waals surface area contributed by atoms with E-state index in [1.54, 1.807) is 24.5 Å². The Morgan fingerprint density at radius 2 is 1.89 bits per heavy atom. The lowest BCUT2D eigenvalue weighted by atomic mass is 10.1. The lowest BCUT2D eigenvalue weighted by Gasteiger charge is -2.26. The molecule has 3 heterocycles. The molecule has 1 aliphatic carbocycles. The van der Waals surface area contributed by atoms with Crippen LogP contribution >= 0.6 is 0 Å². The van der Waals surface area contributed by atoms with Gasteiger partial charge in [-0.2, -0.15) is 0 Å². The minimum absolute atomic E-state index is 0.168. The molecule has 1 N–H and O–H groups in total. The van der Waals surface area contributed by atoms with E-state index in [1.165, 1.54) is 32.1 Å². The smallest absolute Gasteiger partial charge is 0.253 e. The summed E-state index contributed by atoms with van der Waals surface area (Å²) in [4.78, 5) is 27.9. The molecule has 28 heavy (non-hydrogen) atoms. The third-order valence-electron chi connectivity index (χ3n) is 5.36. The maximum Gasteiger partial charge on any atom is 0.253 e. The van der Waals surface area contributed by atoms with Crippen LogP contribution in [0.4, 0.5) is 5.95 Å². The van der Waals surface area contributed by atoms with Crippen molar-refractivity contribution in [3.05, 3.63) is 41.9 Å². The number of hydrogen-bond acceptors (Lipinski definition) is 6. The zero-order valence-corrected chi connectivity index (χ0v) is 16.1. The van der Waals surface area contributed by atoms with Gasteiger partial charge in [0.25, 0.3) is 5.91 Å². The first kappa shape index (κ1) is 18.7. The number of rotatable bonds is 6. The van der Waals surface area contributed by atoms with E-state index >= 15 is 0 Å². The predicted octanol–water partition coefficient (Wildman–Crippen LogP) is 3.11. The third kappa shape index (κ3) is 4.77. The second kappa shape index (κ2) is 8.99. The summed E-state index contributed by atoms with van der Waals surface area (Å²) in [6, 6.07) is 5.36. The second-order valence-electron chi connectivity index (χ2n) is 7.49. The number of piperidine rings is 1. The van der Waals surface area contributed by atoms with Crippen molar-refractivity contribution in [3.63, 3.8) is 0 Å². The standard InChI is InChI=1S/C21H27N5O2/c27-20(16-8-9-19(23-14-16)28-18-6-2-3-7-18)24-15-17-10-11-22-21(25-17)26-12-4-1-5-13-26/h8-11,14,18H,1-7,12-13,15H2,(H,24,27). The molecule has 1 amide bonds. The number of anilines is 1. The summed E-state index contributed by atoms with van der Waals surface area (Å²) >= 11 is 0.